The van der Waals surface area contributed by atoms with Gasteiger partial charge in [0.1, 0.15) is 5.82 Å². The number of anilines is 1. The lowest BCUT2D eigenvalue weighted by molar-refractivity contribution is 0.0793. The van der Waals surface area contributed by atoms with Crippen molar-refractivity contribution >= 4 is 23.5 Å². The summed E-state index contributed by atoms with van der Waals surface area (Å²) >= 11 is 2.01. The van der Waals surface area contributed by atoms with Crippen molar-refractivity contribution in [2.45, 2.75) is 12.8 Å². The Labute approximate surface area is 153 Å². The molecule has 3 heterocycles. The number of benzene rings is 1. The molecule has 4 nitrogen and oxygen atoms in total. The minimum atomic E-state index is 0.153. The molecule has 0 unspecified atom stereocenters. The topological polar surface area (TPSA) is 36.4 Å². The van der Waals surface area contributed by atoms with Gasteiger partial charge in [0, 0.05) is 55.0 Å². The summed E-state index contributed by atoms with van der Waals surface area (Å²) in [6.45, 7) is 3.93. The molecule has 4 rings (SSSR count). The van der Waals surface area contributed by atoms with E-state index in [9.17, 15) is 4.79 Å². The zero-order chi connectivity index (χ0) is 17.1. The number of aromatic nitrogens is 1. The van der Waals surface area contributed by atoms with Crippen molar-refractivity contribution in [1.29, 1.82) is 0 Å². The van der Waals surface area contributed by atoms with Crippen LogP contribution in [0.2, 0.25) is 0 Å². The van der Waals surface area contributed by atoms with Gasteiger partial charge < -0.3 is 9.80 Å². The molecule has 2 saturated heterocycles. The van der Waals surface area contributed by atoms with Crippen molar-refractivity contribution in [2.24, 2.45) is 0 Å². The van der Waals surface area contributed by atoms with Crippen LogP contribution in [0.5, 0.6) is 0 Å². The molecule has 2 aliphatic heterocycles. The standard InChI is InChI=1S/C20H23N3OS/c24-20(23-9-1-2-10-23)17-5-3-16(4-6-17)18-7-8-19(21-15-18)22-11-13-25-14-12-22/h3-8,15H,1-2,9-14H2. The monoisotopic (exact) mass is 353 g/mol. The molecule has 5 heteroatoms. The van der Waals surface area contributed by atoms with E-state index < -0.39 is 0 Å². The van der Waals surface area contributed by atoms with E-state index in [1.54, 1.807) is 0 Å². The fourth-order valence-corrected chi connectivity index (χ4v) is 4.35. The number of hydrogen-bond acceptors (Lipinski definition) is 4. The Morgan fingerprint density at radius 2 is 1.56 bits per heavy atom. The van der Waals surface area contributed by atoms with Gasteiger partial charge in [-0.05, 0) is 42.7 Å². The summed E-state index contributed by atoms with van der Waals surface area (Å²) < 4.78 is 0. The third-order valence-electron chi connectivity index (χ3n) is 4.94. The van der Waals surface area contributed by atoms with Crippen LogP contribution < -0.4 is 4.90 Å². The van der Waals surface area contributed by atoms with Crippen molar-refractivity contribution in [2.75, 3.05) is 42.6 Å². The van der Waals surface area contributed by atoms with Gasteiger partial charge in [-0.3, -0.25) is 4.79 Å². The van der Waals surface area contributed by atoms with E-state index in [1.165, 1.54) is 11.5 Å². The highest BCUT2D eigenvalue weighted by Crippen LogP contribution is 2.23. The zero-order valence-electron chi connectivity index (χ0n) is 14.4. The van der Waals surface area contributed by atoms with Gasteiger partial charge in [0.2, 0.25) is 0 Å². The third kappa shape index (κ3) is 3.66. The summed E-state index contributed by atoms with van der Waals surface area (Å²) in [4.78, 5) is 21.4. The van der Waals surface area contributed by atoms with E-state index in [4.69, 9.17) is 0 Å². The van der Waals surface area contributed by atoms with E-state index in [2.05, 4.69) is 22.0 Å². The number of thioether (sulfide) groups is 1. The first-order valence-corrected chi connectivity index (χ1v) is 10.2. The predicted octanol–water partition coefficient (Wildman–Crippen LogP) is 3.54. The SMILES string of the molecule is O=C(c1ccc(-c2ccc(N3CCSCC3)nc2)cc1)N1CCCC1. The van der Waals surface area contributed by atoms with Crippen molar-refractivity contribution in [1.82, 2.24) is 9.88 Å². The van der Waals surface area contributed by atoms with Gasteiger partial charge in [-0.1, -0.05) is 12.1 Å². The van der Waals surface area contributed by atoms with E-state index in [-0.39, 0.29) is 5.91 Å². The Hall–Kier alpha value is -2.01. The fraction of sp³-hybridized carbons (Fsp3) is 0.400. The molecule has 0 atom stereocenters. The number of nitrogens with zero attached hydrogens (tertiary/aromatic N) is 3. The highest BCUT2D eigenvalue weighted by Gasteiger charge is 2.19. The van der Waals surface area contributed by atoms with Crippen LogP contribution in [0.3, 0.4) is 0 Å². The van der Waals surface area contributed by atoms with Crippen LogP contribution in [-0.2, 0) is 0 Å². The second kappa shape index (κ2) is 7.48. The zero-order valence-corrected chi connectivity index (χ0v) is 15.2. The first kappa shape index (κ1) is 16.5. The van der Waals surface area contributed by atoms with Crippen molar-refractivity contribution < 1.29 is 4.79 Å². The first-order chi connectivity index (χ1) is 12.3. The molecule has 2 aromatic rings. The van der Waals surface area contributed by atoms with E-state index in [0.717, 1.165) is 61.5 Å². The van der Waals surface area contributed by atoms with Gasteiger partial charge in [0.25, 0.3) is 5.91 Å². The summed E-state index contributed by atoms with van der Waals surface area (Å²) in [6.07, 6.45) is 4.18. The van der Waals surface area contributed by atoms with Crippen LogP contribution in [0.15, 0.2) is 42.6 Å². The molecule has 0 saturated carbocycles. The predicted molar refractivity (Wildman–Crippen MR) is 104 cm³/mol. The quantitative estimate of drug-likeness (QED) is 0.846. The molecule has 1 amide bonds. The highest BCUT2D eigenvalue weighted by atomic mass is 32.2. The molecule has 25 heavy (non-hydrogen) atoms. The number of rotatable bonds is 3. The summed E-state index contributed by atoms with van der Waals surface area (Å²) in [6, 6.07) is 12.2. The number of hydrogen-bond donors (Lipinski definition) is 0. The van der Waals surface area contributed by atoms with Gasteiger partial charge >= 0.3 is 0 Å². The van der Waals surface area contributed by atoms with Crippen molar-refractivity contribution in [3.8, 4) is 11.1 Å². The molecule has 0 spiro atoms. The lowest BCUT2D eigenvalue weighted by Gasteiger charge is -2.27. The molecule has 0 N–H and O–H groups in total. The Morgan fingerprint density at radius 1 is 0.880 bits per heavy atom. The molecular weight excluding hydrogens is 330 g/mol. The Balaban J connectivity index is 1.47. The van der Waals surface area contributed by atoms with E-state index >= 15 is 0 Å². The number of carbonyl (C=O) groups excluding carboxylic acids is 1. The summed E-state index contributed by atoms with van der Waals surface area (Å²) in [5.74, 6) is 3.57. The Bertz CT molecular complexity index is 718. The maximum absolute atomic E-state index is 12.4. The van der Waals surface area contributed by atoms with Crippen LogP contribution in [0, 0.1) is 0 Å². The Kier molecular flexibility index (Phi) is 4.92. The number of amides is 1. The van der Waals surface area contributed by atoms with Gasteiger partial charge in [0.15, 0.2) is 0 Å². The first-order valence-electron chi connectivity index (χ1n) is 9.00. The van der Waals surface area contributed by atoms with Crippen LogP contribution in [0.25, 0.3) is 11.1 Å². The van der Waals surface area contributed by atoms with Crippen LogP contribution in [0.1, 0.15) is 23.2 Å². The molecule has 2 aliphatic rings. The van der Waals surface area contributed by atoms with Crippen LogP contribution in [-0.4, -0.2) is 53.5 Å². The van der Waals surface area contributed by atoms with Gasteiger partial charge in [0.05, 0.1) is 0 Å². The molecule has 2 fully saturated rings. The smallest absolute Gasteiger partial charge is 0.253 e. The molecule has 0 aliphatic carbocycles. The van der Waals surface area contributed by atoms with Gasteiger partial charge in [-0.25, -0.2) is 4.98 Å². The summed E-state index contributed by atoms with van der Waals surface area (Å²) in [5, 5.41) is 0. The number of likely N-dealkylation sites (tertiary alicyclic amines) is 1. The largest absolute Gasteiger partial charge is 0.355 e. The summed E-state index contributed by atoms with van der Waals surface area (Å²) in [5.41, 5.74) is 2.97. The number of pyridine rings is 1. The Morgan fingerprint density at radius 3 is 2.20 bits per heavy atom. The highest BCUT2D eigenvalue weighted by molar-refractivity contribution is 7.99. The lowest BCUT2D eigenvalue weighted by atomic mass is 10.1. The number of carbonyl (C=O) groups is 1. The van der Waals surface area contributed by atoms with Crippen molar-refractivity contribution in [3.63, 3.8) is 0 Å². The molecular formula is C20H23N3OS. The second-order valence-corrected chi connectivity index (χ2v) is 7.81. The average Bonchev–Trinajstić information content (AvgIpc) is 3.23. The molecule has 1 aromatic heterocycles. The maximum Gasteiger partial charge on any atom is 0.253 e. The minimum Gasteiger partial charge on any atom is -0.355 e. The van der Waals surface area contributed by atoms with E-state index in [0.29, 0.717) is 0 Å². The fourth-order valence-electron chi connectivity index (χ4n) is 3.44. The van der Waals surface area contributed by atoms with Gasteiger partial charge in [-0.15, -0.1) is 0 Å². The second-order valence-electron chi connectivity index (χ2n) is 6.58. The average molecular weight is 353 g/mol. The normalized spacial score (nSPS) is 17.8. The third-order valence-corrected chi connectivity index (χ3v) is 5.88. The molecule has 1 aromatic carbocycles. The van der Waals surface area contributed by atoms with Gasteiger partial charge in [-0.2, -0.15) is 11.8 Å². The van der Waals surface area contributed by atoms with Crippen LogP contribution in [0.4, 0.5) is 5.82 Å². The molecule has 130 valence electrons. The minimum absolute atomic E-state index is 0.153. The molecule has 0 radical (unpaired) electrons. The van der Waals surface area contributed by atoms with E-state index in [1.807, 2.05) is 47.1 Å². The molecule has 0 bridgehead atoms. The summed E-state index contributed by atoms with van der Waals surface area (Å²) in [7, 11) is 0. The lowest BCUT2D eigenvalue weighted by Crippen LogP contribution is -2.32. The maximum atomic E-state index is 12.4. The van der Waals surface area contributed by atoms with Crippen LogP contribution >= 0.6 is 11.8 Å². The van der Waals surface area contributed by atoms with Crippen molar-refractivity contribution in [3.05, 3.63) is 48.2 Å².